The second kappa shape index (κ2) is 5.31. The molecule has 19 heavy (non-hydrogen) atoms. The highest BCUT2D eigenvalue weighted by Gasteiger charge is 2.13. The fourth-order valence-electron chi connectivity index (χ4n) is 1.41. The predicted molar refractivity (Wildman–Crippen MR) is 69.8 cm³/mol. The SMILES string of the molecule is Cc1cnc(Oc2ccc(Br)c(F)c2)cc1[N+](=O)[O-]. The van der Waals surface area contributed by atoms with Crippen molar-refractivity contribution in [3.8, 4) is 11.6 Å². The van der Waals surface area contributed by atoms with Gasteiger partial charge in [0.15, 0.2) is 0 Å². The Morgan fingerprint density at radius 1 is 1.42 bits per heavy atom. The summed E-state index contributed by atoms with van der Waals surface area (Å²) in [6.45, 7) is 1.58. The summed E-state index contributed by atoms with van der Waals surface area (Å²) in [5, 5.41) is 10.8. The van der Waals surface area contributed by atoms with Gasteiger partial charge in [-0.15, -0.1) is 0 Å². The lowest BCUT2D eigenvalue weighted by Crippen LogP contribution is -1.95. The average molecular weight is 327 g/mol. The highest BCUT2D eigenvalue weighted by Crippen LogP contribution is 2.27. The van der Waals surface area contributed by atoms with E-state index < -0.39 is 10.7 Å². The van der Waals surface area contributed by atoms with Crippen LogP contribution in [0.4, 0.5) is 10.1 Å². The molecule has 0 aliphatic heterocycles. The lowest BCUT2D eigenvalue weighted by atomic mass is 10.2. The first kappa shape index (κ1) is 13.4. The van der Waals surface area contributed by atoms with Crippen LogP contribution in [0.25, 0.3) is 0 Å². The molecule has 1 aromatic carbocycles. The second-order valence-corrected chi connectivity index (χ2v) is 4.60. The Hall–Kier alpha value is -2.02. The Bertz CT molecular complexity index is 649. The molecule has 0 saturated carbocycles. The highest BCUT2D eigenvalue weighted by atomic mass is 79.9. The largest absolute Gasteiger partial charge is 0.439 e. The molecule has 0 saturated heterocycles. The lowest BCUT2D eigenvalue weighted by molar-refractivity contribution is -0.385. The maximum atomic E-state index is 13.3. The van der Waals surface area contributed by atoms with Crippen molar-refractivity contribution in [2.24, 2.45) is 0 Å². The maximum absolute atomic E-state index is 13.3. The van der Waals surface area contributed by atoms with E-state index in [0.717, 1.165) is 6.07 Å². The van der Waals surface area contributed by atoms with Crippen molar-refractivity contribution in [2.75, 3.05) is 0 Å². The normalized spacial score (nSPS) is 10.3. The minimum absolute atomic E-state index is 0.0408. The van der Waals surface area contributed by atoms with Gasteiger partial charge in [-0.1, -0.05) is 0 Å². The van der Waals surface area contributed by atoms with Crippen LogP contribution in [0.2, 0.25) is 0 Å². The van der Waals surface area contributed by atoms with Crippen LogP contribution in [0.3, 0.4) is 0 Å². The van der Waals surface area contributed by atoms with Crippen LogP contribution >= 0.6 is 15.9 Å². The summed E-state index contributed by atoms with van der Waals surface area (Å²) in [6.07, 6.45) is 1.34. The van der Waals surface area contributed by atoms with E-state index in [-0.39, 0.29) is 17.3 Å². The topological polar surface area (TPSA) is 65.3 Å². The van der Waals surface area contributed by atoms with Crippen molar-refractivity contribution in [3.63, 3.8) is 0 Å². The van der Waals surface area contributed by atoms with E-state index in [2.05, 4.69) is 20.9 Å². The van der Waals surface area contributed by atoms with Gasteiger partial charge in [-0.3, -0.25) is 10.1 Å². The van der Waals surface area contributed by atoms with E-state index in [9.17, 15) is 14.5 Å². The van der Waals surface area contributed by atoms with E-state index in [1.807, 2.05) is 0 Å². The summed E-state index contributed by atoms with van der Waals surface area (Å²) >= 11 is 3.02. The molecule has 98 valence electrons. The first-order chi connectivity index (χ1) is 8.97. The molecule has 0 N–H and O–H groups in total. The molecule has 0 fully saturated rings. The number of ether oxygens (including phenoxy) is 1. The van der Waals surface area contributed by atoms with E-state index >= 15 is 0 Å². The number of hydrogen-bond donors (Lipinski definition) is 0. The molecule has 0 aliphatic rings. The van der Waals surface area contributed by atoms with Crippen LogP contribution in [0.5, 0.6) is 11.6 Å². The maximum Gasteiger partial charge on any atom is 0.279 e. The summed E-state index contributed by atoms with van der Waals surface area (Å²) in [5.74, 6) is -0.232. The number of nitro groups is 1. The smallest absolute Gasteiger partial charge is 0.279 e. The standard InChI is InChI=1S/C12H8BrFN2O3/c1-7-6-15-12(5-11(7)16(17)18)19-8-2-3-9(13)10(14)4-8/h2-6H,1H3. The van der Waals surface area contributed by atoms with Gasteiger partial charge in [-0.2, -0.15) is 0 Å². The Labute approximate surface area is 116 Å². The van der Waals surface area contributed by atoms with Gasteiger partial charge in [-0.25, -0.2) is 9.37 Å². The number of benzene rings is 1. The molecule has 7 heteroatoms. The first-order valence-electron chi connectivity index (χ1n) is 5.21. The molecule has 0 unspecified atom stereocenters. The Morgan fingerprint density at radius 2 is 2.16 bits per heavy atom. The summed E-state index contributed by atoms with van der Waals surface area (Å²) in [4.78, 5) is 14.2. The molecule has 1 heterocycles. The highest BCUT2D eigenvalue weighted by molar-refractivity contribution is 9.10. The van der Waals surface area contributed by atoms with Crippen LogP contribution in [0.1, 0.15) is 5.56 Å². The average Bonchev–Trinajstić information content (AvgIpc) is 2.36. The van der Waals surface area contributed by atoms with E-state index in [0.29, 0.717) is 10.0 Å². The van der Waals surface area contributed by atoms with E-state index in [4.69, 9.17) is 4.74 Å². The van der Waals surface area contributed by atoms with Crippen molar-refractivity contribution < 1.29 is 14.1 Å². The minimum Gasteiger partial charge on any atom is -0.439 e. The molecule has 0 bridgehead atoms. The molecule has 0 atom stereocenters. The van der Waals surface area contributed by atoms with Crippen LogP contribution in [0.15, 0.2) is 34.9 Å². The molecule has 1 aromatic heterocycles. The van der Waals surface area contributed by atoms with Crippen LogP contribution in [0, 0.1) is 22.9 Å². The van der Waals surface area contributed by atoms with Crippen molar-refractivity contribution in [2.45, 2.75) is 6.92 Å². The first-order valence-corrected chi connectivity index (χ1v) is 6.00. The Kier molecular flexibility index (Phi) is 3.75. The third kappa shape index (κ3) is 3.05. The van der Waals surface area contributed by atoms with Crippen molar-refractivity contribution >= 4 is 21.6 Å². The fourth-order valence-corrected chi connectivity index (χ4v) is 1.65. The molecule has 5 nitrogen and oxygen atoms in total. The molecule has 0 spiro atoms. The number of aromatic nitrogens is 1. The monoisotopic (exact) mass is 326 g/mol. The van der Waals surface area contributed by atoms with E-state index in [1.54, 1.807) is 6.92 Å². The zero-order valence-corrected chi connectivity index (χ0v) is 11.3. The Balaban J connectivity index is 2.30. The molecule has 0 aliphatic carbocycles. The van der Waals surface area contributed by atoms with Gasteiger partial charge in [0.05, 0.1) is 15.5 Å². The fraction of sp³-hybridized carbons (Fsp3) is 0.0833. The van der Waals surface area contributed by atoms with Crippen LogP contribution in [-0.4, -0.2) is 9.91 Å². The van der Waals surface area contributed by atoms with Crippen molar-refractivity contribution in [3.05, 3.63) is 56.4 Å². The third-order valence-corrected chi connectivity index (χ3v) is 3.00. The minimum atomic E-state index is -0.522. The molecule has 0 amide bonds. The van der Waals surface area contributed by atoms with Gasteiger partial charge < -0.3 is 4.74 Å². The Morgan fingerprint density at radius 3 is 2.79 bits per heavy atom. The summed E-state index contributed by atoms with van der Waals surface area (Å²) in [7, 11) is 0. The summed E-state index contributed by atoms with van der Waals surface area (Å²) in [6, 6.07) is 5.38. The number of nitrogens with zero attached hydrogens (tertiary/aromatic N) is 2. The molecular weight excluding hydrogens is 319 g/mol. The summed E-state index contributed by atoms with van der Waals surface area (Å²) in [5.41, 5.74) is 0.335. The van der Waals surface area contributed by atoms with Crippen LogP contribution < -0.4 is 4.74 Å². The zero-order valence-electron chi connectivity index (χ0n) is 9.76. The number of aryl methyl sites for hydroxylation is 1. The van der Waals surface area contributed by atoms with Crippen molar-refractivity contribution in [1.82, 2.24) is 4.98 Å². The van der Waals surface area contributed by atoms with Gasteiger partial charge in [0.2, 0.25) is 5.88 Å². The molecule has 2 rings (SSSR count). The molecular formula is C12H8BrFN2O3. The quantitative estimate of drug-likeness (QED) is 0.631. The predicted octanol–water partition coefficient (Wildman–Crippen LogP) is 3.99. The number of pyridine rings is 1. The number of hydrogen-bond acceptors (Lipinski definition) is 4. The third-order valence-electron chi connectivity index (χ3n) is 2.36. The number of halogens is 2. The molecule has 2 aromatic rings. The van der Waals surface area contributed by atoms with Crippen molar-refractivity contribution in [1.29, 1.82) is 0 Å². The zero-order chi connectivity index (χ0) is 14.0. The summed E-state index contributed by atoms with van der Waals surface area (Å²) < 4.78 is 18.9. The second-order valence-electron chi connectivity index (χ2n) is 3.74. The van der Waals surface area contributed by atoms with Gasteiger partial charge >= 0.3 is 0 Å². The lowest BCUT2D eigenvalue weighted by Gasteiger charge is -2.06. The van der Waals surface area contributed by atoms with Gasteiger partial charge in [0.1, 0.15) is 11.6 Å². The van der Waals surface area contributed by atoms with Gasteiger partial charge in [0, 0.05) is 17.8 Å². The van der Waals surface area contributed by atoms with Gasteiger partial charge in [0.25, 0.3) is 5.69 Å². The number of rotatable bonds is 3. The van der Waals surface area contributed by atoms with Gasteiger partial charge in [-0.05, 0) is 35.0 Å². The van der Waals surface area contributed by atoms with Crippen LogP contribution in [-0.2, 0) is 0 Å². The van der Waals surface area contributed by atoms with E-state index in [1.165, 1.54) is 24.4 Å². The molecule has 0 radical (unpaired) electrons.